The largest absolute Gasteiger partial charge is 0.348 e. The van der Waals surface area contributed by atoms with E-state index >= 15 is 0 Å². The molecule has 0 saturated heterocycles. The van der Waals surface area contributed by atoms with Crippen molar-refractivity contribution in [1.29, 1.82) is 0 Å². The number of amides is 1. The number of likely N-dealkylation sites (N-methyl/N-ethyl adjacent to an activating group) is 1. The average Bonchev–Trinajstić information content (AvgIpc) is 3.15. The van der Waals surface area contributed by atoms with Crippen LogP contribution in [0.3, 0.4) is 0 Å². The smallest absolute Gasteiger partial charge is 0.291 e. The second-order valence-corrected chi connectivity index (χ2v) is 8.50. The molecule has 1 unspecified atom stereocenters. The standard InChI is InChI=1S/C18H24N6OS/c1-10-5-6-13-12(9-10)14-16-21-15(17(25)19-7-8-23(3)4)22-24(16)11(2)20-18(14)26-13/h10H,5-9H2,1-4H3,(H,19,25). The van der Waals surface area contributed by atoms with E-state index in [1.54, 1.807) is 15.9 Å². The SMILES string of the molecule is Cc1nc2sc3c(c2c2nc(C(=O)NCCN(C)C)nn12)CC(C)CC3. The number of aryl methyl sites for hydroxylation is 2. The fraction of sp³-hybridized carbons (Fsp3) is 0.556. The first-order valence-electron chi connectivity index (χ1n) is 9.04. The monoisotopic (exact) mass is 372 g/mol. The predicted octanol–water partition coefficient (Wildman–Crippen LogP) is 2.06. The lowest BCUT2D eigenvalue weighted by Crippen LogP contribution is -2.32. The molecule has 1 aliphatic rings. The van der Waals surface area contributed by atoms with Crippen LogP contribution in [0.5, 0.6) is 0 Å². The Morgan fingerprint density at radius 1 is 1.38 bits per heavy atom. The maximum Gasteiger partial charge on any atom is 0.291 e. The molecule has 3 aromatic rings. The van der Waals surface area contributed by atoms with Crippen molar-refractivity contribution in [3.8, 4) is 0 Å². The van der Waals surface area contributed by atoms with Crippen molar-refractivity contribution in [3.63, 3.8) is 0 Å². The zero-order chi connectivity index (χ0) is 18.4. The molecule has 0 aromatic carbocycles. The number of thiophene rings is 1. The minimum atomic E-state index is -0.236. The molecular formula is C18H24N6OS. The minimum Gasteiger partial charge on any atom is -0.348 e. The van der Waals surface area contributed by atoms with Gasteiger partial charge in [0.25, 0.3) is 5.91 Å². The lowest BCUT2D eigenvalue weighted by molar-refractivity contribution is 0.0941. The number of hydrogen-bond donors (Lipinski definition) is 1. The van der Waals surface area contributed by atoms with Crippen LogP contribution in [-0.2, 0) is 12.8 Å². The number of nitrogens with zero attached hydrogens (tertiary/aromatic N) is 5. The van der Waals surface area contributed by atoms with Crippen molar-refractivity contribution in [3.05, 3.63) is 22.1 Å². The lowest BCUT2D eigenvalue weighted by atomic mass is 9.89. The van der Waals surface area contributed by atoms with E-state index in [1.165, 1.54) is 16.9 Å². The topological polar surface area (TPSA) is 75.4 Å². The molecular weight excluding hydrogens is 348 g/mol. The van der Waals surface area contributed by atoms with Gasteiger partial charge in [0.15, 0.2) is 5.65 Å². The molecule has 1 aliphatic carbocycles. The van der Waals surface area contributed by atoms with Crippen molar-refractivity contribution >= 4 is 33.1 Å². The number of nitrogens with one attached hydrogen (secondary N) is 1. The first-order valence-corrected chi connectivity index (χ1v) is 9.86. The number of carbonyl (C=O) groups is 1. The number of carbonyl (C=O) groups excluding carboxylic acids is 1. The Morgan fingerprint density at radius 2 is 2.19 bits per heavy atom. The first kappa shape index (κ1) is 17.4. The molecule has 26 heavy (non-hydrogen) atoms. The zero-order valence-electron chi connectivity index (χ0n) is 15.7. The van der Waals surface area contributed by atoms with Gasteiger partial charge in [0, 0.05) is 18.0 Å². The molecule has 138 valence electrons. The normalized spacial score (nSPS) is 17.2. The third-order valence-corrected chi connectivity index (χ3v) is 6.12. The van der Waals surface area contributed by atoms with E-state index in [1.807, 2.05) is 25.9 Å². The summed E-state index contributed by atoms with van der Waals surface area (Å²) in [6.45, 7) is 5.55. The van der Waals surface area contributed by atoms with Gasteiger partial charge in [-0.05, 0) is 51.8 Å². The van der Waals surface area contributed by atoms with Crippen molar-refractivity contribution in [2.24, 2.45) is 5.92 Å². The van der Waals surface area contributed by atoms with E-state index in [0.717, 1.165) is 41.1 Å². The summed E-state index contributed by atoms with van der Waals surface area (Å²) in [6, 6.07) is 0. The molecule has 1 amide bonds. The summed E-state index contributed by atoms with van der Waals surface area (Å²) >= 11 is 1.77. The maximum absolute atomic E-state index is 12.4. The van der Waals surface area contributed by atoms with E-state index in [2.05, 4.69) is 22.3 Å². The van der Waals surface area contributed by atoms with Gasteiger partial charge in [0.2, 0.25) is 5.82 Å². The Labute approximate surface area is 156 Å². The average molecular weight is 372 g/mol. The number of aromatic nitrogens is 4. The molecule has 0 spiro atoms. The molecule has 1 N–H and O–H groups in total. The van der Waals surface area contributed by atoms with E-state index in [4.69, 9.17) is 4.98 Å². The summed E-state index contributed by atoms with van der Waals surface area (Å²) < 4.78 is 1.72. The molecule has 3 heterocycles. The van der Waals surface area contributed by atoms with Gasteiger partial charge in [-0.3, -0.25) is 4.79 Å². The van der Waals surface area contributed by atoms with Crippen LogP contribution >= 0.6 is 11.3 Å². The van der Waals surface area contributed by atoms with Gasteiger partial charge in [0.1, 0.15) is 10.7 Å². The van der Waals surface area contributed by atoms with Crippen molar-refractivity contribution in [2.45, 2.75) is 33.1 Å². The fourth-order valence-corrected chi connectivity index (χ4v) is 4.77. The molecule has 4 rings (SSSR count). The maximum atomic E-state index is 12.4. The van der Waals surface area contributed by atoms with E-state index in [9.17, 15) is 4.79 Å². The van der Waals surface area contributed by atoms with Crippen LogP contribution in [0, 0.1) is 12.8 Å². The molecule has 8 heteroatoms. The molecule has 0 radical (unpaired) electrons. The highest BCUT2D eigenvalue weighted by molar-refractivity contribution is 7.19. The van der Waals surface area contributed by atoms with Crippen molar-refractivity contribution < 1.29 is 4.79 Å². The first-order chi connectivity index (χ1) is 12.4. The summed E-state index contributed by atoms with van der Waals surface area (Å²) in [6.07, 6.45) is 3.38. The molecule has 7 nitrogen and oxygen atoms in total. The van der Waals surface area contributed by atoms with Crippen LogP contribution in [0.1, 0.15) is 40.2 Å². The molecule has 0 fully saturated rings. The summed E-state index contributed by atoms with van der Waals surface area (Å²) in [7, 11) is 3.95. The van der Waals surface area contributed by atoms with Crippen LogP contribution < -0.4 is 5.32 Å². The molecule has 1 atom stereocenters. The van der Waals surface area contributed by atoms with Gasteiger partial charge in [0.05, 0.1) is 5.39 Å². The predicted molar refractivity (Wildman–Crippen MR) is 103 cm³/mol. The van der Waals surface area contributed by atoms with Gasteiger partial charge in [-0.25, -0.2) is 9.97 Å². The summed E-state index contributed by atoms with van der Waals surface area (Å²) in [5.41, 5.74) is 2.12. The van der Waals surface area contributed by atoms with Gasteiger partial charge < -0.3 is 10.2 Å². The third kappa shape index (κ3) is 2.97. The van der Waals surface area contributed by atoms with Crippen molar-refractivity contribution in [1.82, 2.24) is 29.8 Å². The summed E-state index contributed by atoms with van der Waals surface area (Å²) in [5, 5.41) is 8.40. The Morgan fingerprint density at radius 3 is 2.96 bits per heavy atom. The molecule has 0 bridgehead atoms. The van der Waals surface area contributed by atoms with E-state index in [0.29, 0.717) is 12.5 Å². The van der Waals surface area contributed by atoms with Crippen LogP contribution in [-0.4, -0.2) is 57.6 Å². The Kier molecular flexibility index (Phi) is 4.40. The van der Waals surface area contributed by atoms with Gasteiger partial charge in [-0.2, -0.15) is 4.52 Å². The van der Waals surface area contributed by atoms with Gasteiger partial charge in [-0.15, -0.1) is 16.4 Å². The van der Waals surface area contributed by atoms with E-state index < -0.39 is 0 Å². The Bertz CT molecular complexity index is 989. The zero-order valence-corrected chi connectivity index (χ0v) is 16.5. The quantitative estimate of drug-likeness (QED) is 0.759. The molecule has 0 saturated carbocycles. The highest BCUT2D eigenvalue weighted by atomic mass is 32.1. The van der Waals surface area contributed by atoms with E-state index in [-0.39, 0.29) is 11.7 Å². The highest BCUT2D eigenvalue weighted by Gasteiger charge is 2.25. The number of fused-ring (bicyclic) bond motifs is 5. The van der Waals surface area contributed by atoms with Gasteiger partial charge in [-0.1, -0.05) is 6.92 Å². The second kappa shape index (κ2) is 6.59. The second-order valence-electron chi connectivity index (χ2n) is 7.42. The number of rotatable bonds is 4. The molecule has 0 aliphatic heterocycles. The van der Waals surface area contributed by atoms with Gasteiger partial charge >= 0.3 is 0 Å². The lowest BCUT2D eigenvalue weighted by Gasteiger charge is -2.17. The van der Waals surface area contributed by atoms with Crippen LogP contribution in [0.2, 0.25) is 0 Å². The number of hydrogen-bond acceptors (Lipinski definition) is 6. The summed E-state index contributed by atoms with van der Waals surface area (Å²) in [4.78, 5) is 26.2. The Balaban J connectivity index is 1.77. The Hall–Kier alpha value is -2.06. The highest BCUT2D eigenvalue weighted by Crippen LogP contribution is 2.38. The van der Waals surface area contributed by atoms with Crippen LogP contribution in [0.4, 0.5) is 0 Å². The summed E-state index contributed by atoms with van der Waals surface area (Å²) in [5.74, 6) is 1.41. The van der Waals surface area contributed by atoms with Crippen LogP contribution in [0.15, 0.2) is 0 Å². The van der Waals surface area contributed by atoms with Crippen molar-refractivity contribution in [2.75, 3.05) is 27.2 Å². The fourth-order valence-electron chi connectivity index (χ4n) is 3.52. The minimum absolute atomic E-state index is 0.213. The van der Waals surface area contributed by atoms with Crippen LogP contribution in [0.25, 0.3) is 15.9 Å². The molecule has 3 aromatic heterocycles. The third-order valence-electron chi connectivity index (χ3n) is 4.94.